The van der Waals surface area contributed by atoms with Gasteiger partial charge in [0.2, 0.25) is 11.8 Å². The molecule has 0 fully saturated rings. The number of aliphatic carboxylic acids is 1. The summed E-state index contributed by atoms with van der Waals surface area (Å²) in [5.74, 6) is -3.03. The summed E-state index contributed by atoms with van der Waals surface area (Å²) >= 11 is 3.97. The van der Waals surface area contributed by atoms with Gasteiger partial charge in [-0.05, 0) is 13.3 Å². The van der Waals surface area contributed by atoms with E-state index in [2.05, 4.69) is 28.0 Å². The molecule has 0 aliphatic rings. The molecule has 0 saturated carbocycles. The zero-order chi connectivity index (χ0) is 17.1. The van der Waals surface area contributed by atoms with Crippen LogP contribution in [0.5, 0.6) is 0 Å². The van der Waals surface area contributed by atoms with Crippen molar-refractivity contribution in [2.24, 2.45) is 5.73 Å². The Labute approximate surface area is 133 Å². The highest BCUT2D eigenvalue weighted by molar-refractivity contribution is 7.80. The smallest absolute Gasteiger partial charge is 0.325 e. The van der Waals surface area contributed by atoms with Gasteiger partial charge in [-0.25, -0.2) is 0 Å². The van der Waals surface area contributed by atoms with Crippen LogP contribution in [0.2, 0.25) is 0 Å². The predicted octanol–water partition coefficient (Wildman–Crippen LogP) is -1.73. The number of thiol groups is 1. The monoisotopic (exact) mass is 335 g/mol. The van der Waals surface area contributed by atoms with Gasteiger partial charge in [0.1, 0.15) is 12.6 Å². The van der Waals surface area contributed by atoms with Crippen LogP contribution in [0.25, 0.3) is 0 Å². The van der Waals surface area contributed by atoms with Crippen molar-refractivity contribution in [2.45, 2.75) is 31.8 Å². The van der Waals surface area contributed by atoms with Crippen molar-refractivity contribution in [2.75, 3.05) is 18.9 Å². The molecule has 5 N–H and O–H groups in total. The van der Waals surface area contributed by atoms with Crippen molar-refractivity contribution < 1.29 is 29.0 Å². The molecule has 0 heterocycles. The molecule has 0 aromatic carbocycles. The van der Waals surface area contributed by atoms with Crippen LogP contribution in [0, 0.1) is 0 Å². The van der Waals surface area contributed by atoms with E-state index in [-0.39, 0.29) is 31.7 Å². The van der Waals surface area contributed by atoms with Gasteiger partial charge in [0.05, 0.1) is 12.6 Å². The zero-order valence-corrected chi connectivity index (χ0v) is 13.1. The number of hydrogen-bond acceptors (Lipinski definition) is 7. The van der Waals surface area contributed by atoms with Gasteiger partial charge in [-0.2, -0.15) is 12.6 Å². The molecular formula is C12H21N3O6S. The van der Waals surface area contributed by atoms with E-state index in [9.17, 15) is 19.2 Å². The average molecular weight is 335 g/mol. The standard InChI is InChI=1S/C12H21N3O6S/c1-2-21-10(17)5-14-11(18)8(6-22)15-7(12(19)20)3-4-9(13)16/h7-8,15,22H,2-6H2,1H3,(H2,13,16)(H,14,18)(H,19,20)/t7-,8-/m0/s1. The fourth-order valence-electron chi connectivity index (χ4n) is 1.51. The maximum Gasteiger partial charge on any atom is 0.325 e. The third-order valence-electron chi connectivity index (χ3n) is 2.59. The molecule has 0 aromatic heterocycles. The molecule has 0 bridgehead atoms. The lowest BCUT2D eigenvalue weighted by atomic mass is 10.1. The van der Waals surface area contributed by atoms with E-state index in [1.54, 1.807) is 6.92 Å². The Morgan fingerprint density at radius 1 is 1.27 bits per heavy atom. The predicted molar refractivity (Wildman–Crippen MR) is 80.3 cm³/mol. The average Bonchev–Trinajstić information content (AvgIpc) is 2.44. The summed E-state index contributed by atoms with van der Waals surface area (Å²) in [5.41, 5.74) is 4.97. The number of ether oxygens (including phenoxy) is 1. The summed E-state index contributed by atoms with van der Waals surface area (Å²) in [6.45, 7) is 1.50. The van der Waals surface area contributed by atoms with Gasteiger partial charge in [-0.3, -0.25) is 24.5 Å². The Bertz CT molecular complexity index is 418. The minimum atomic E-state index is -1.22. The second-order valence-electron chi connectivity index (χ2n) is 4.32. The lowest BCUT2D eigenvalue weighted by Crippen LogP contribution is -2.52. The molecule has 0 aliphatic carbocycles. The van der Waals surface area contributed by atoms with Crippen LogP contribution < -0.4 is 16.4 Å². The summed E-state index contributed by atoms with van der Waals surface area (Å²) < 4.78 is 4.65. The quantitative estimate of drug-likeness (QED) is 0.223. The molecular weight excluding hydrogens is 314 g/mol. The number of carbonyl (C=O) groups is 4. The van der Waals surface area contributed by atoms with E-state index in [1.807, 2.05) is 0 Å². The maximum absolute atomic E-state index is 11.9. The van der Waals surface area contributed by atoms with Crippen LogP contribution in [0.1, 0.15) is 19.8 Å². The first-order valence-electron chi connectivity index (χ1n) is 6.63. The fraction of sp³-hybridized carbons (Fsp3) is 0.667. The minimum absolute atomic E-state index is 0.00894. The largest absolute Gasteiger partial charge is 0.480 e. The fourth-order valence-corrected chi connectivity index (χ4v) is 1.78. The van der Waals surface area contributed by atoms with Gasteiger partial charge in [0, 0.05) is 12.2 Å². The minimum Gasteiger partial charge on any atom is -0.480 e. The highest BCUT2D eigenvalue weighted by atomic mass is 32.1. The van der Waals surface area contributed by atoms with E-state index in [1.165, 1.54) is 0 Å². The number of primary amides is 1. The summed E-state index contributed by atoms with van der Waals surface area (Å²) in [5, 5.41) is 13.9. The van der Waals surface area contributed by atoms with E-state index >= 15 is 0 Å². The lowest BCUT2D eigenvalue weighted by molar-refractivity contribution is -0.144. The lowest BCUT2D eigenvalue weighted by Gasteiger charge is -2.21. The van der Waals surface area contributed by atoms with Crippen LogP contribution in [0.15, 0.2) is 0 Å². The van der Waals surface area contributed by atoms with E-state index in [4.69, 9.17) is 10.8 Å². The normalized spacial score (nSPS) is 13.0. The number of amides is 2. The van der Waals surface area contributed by atoms with E-state index < -0.39 is 35.8 Å². The van der Waals surface area contributed by atoms with Gasteiger partial charge in [0.25, 0.3) is 0 Å². The summed E-state index contributed by atoms with van der Waals surface area (Å²) in [4.78, 5) is 44.8. The van der Waals surface area contributed by atoms with Gasteiger partial charge in [0.15, 0.2) is 0 Å². The third kappa shape index (κ3) is 8.47. The van der Waals surface area contributed by atoms with Crippen LogP contribution in [0.4, 0.5) is 0 Å². The molecule has 0 radical (unpaired) electrons. The molecule has 2 amide bonds. The van der Waals surface area contributed by atoms with Gasteiger partial charge in [-0.1, -0.05) is 0 Å². The topological polar surface area (TPSA) is 148 Å². The van der Waals surface area contributed by atoms with E-state index in [0.717, 1.165) is 0 Å². The molecule has 0 aliphatic heterocycles. The highest BCUT2D eigenvalue weighted by Crippen LogP contribution is 2.01. The van der Waals surface area contributed by atoms with Crippen molar-refractivity contribution in [3.8, 4) is 0 Å². The number of hydrogen-bond donors (Lipinski definition) is 5. The SMILES string of the molecule is CCOC(=O)CNC(=O)[C@H](CS)N[C@@H](CCC(N)=O)C(=O)O. The Morgan fingerprint density at radius 2 is 1.91 bits per heavy atom. The van der Waals surface area contributed by atoms with Gasteiger partial charge >= 0.3 is 11.9 Å². The maximum atomic E-state index is 11.9. The zero-order valence-electron chi connectivity index (χ0n) is 12.2. The highest BCUT2D eigenvalue weighted by Gasteiger charge is 2.25. The molecule has 0 rings (SSSR count). The van der Waals surface area contributed by atoms with Gasteiger partial charge in [-0.15, -0.1) is 0 Å². The van der Waals surface area contributed by atoms with Crippen molar-refractivity contribution in [1.29, 1.82) is 0 Å². The number of nitrogens with one attached hydrogen (secondary N) is 2. The number of carbonyl (C=O) groups excluding carboxylic acids is 3. The Kier molecular flexibility index (Phi) is 9.96. The van der Waals surface area contributed by atoms with Crippen molar-refractivity contribution in [3.63, 3.8) is 0 Å². The van der Waals surface area contributed by atoms with Crippen LogP contribution >= 0.6 is 12.6 Å². The molecule has 10 heteroatoms. The number of nitrogens with two attached hydrogens (primary N) is 1. The van der Waals surface area contributed by atoms with Crippen LogP contribution in [-0.2, 0) is 23.9 Å². The molecule has 0 aromatic rings. The van der Waals surface area contributed by atoms with Crippen molar-refractivity contribution >= 4 is 36.4 Å². The summed E-state index contributed by atoms with van der Waals surface area (Å²) in [6, 6.07) is -2.07. The first kappa shape index (κ1) is 20.2. The van der Waals surface area contributed by atoms with E-state index in [0.29, 0.717) is 0 Å². The second kappa shape index (κ2) is 10.9. The van der Waals surface area contributed by atoms with Gasteiger partial charge < -0.3 is 20.9 Å². The number of carboxylic acids is 1. The Hall–Kier alpha value is -1.81. The second-order valence-corrected chi connectivity index (χ2v) is 4.69. The number of esters is 1. The molecule has 126 valence electrons. The number of rotatable bonds is 11. The Morgan fingerprint density at radius 3 is 2.36 bits per heavy atom. The van der Waals surface area contributed by atoms with Crippen molar-refractivity contribution in [1.82, 2.24) is 10.6 Å². The number of carboxylic acid groups (broad SMARTS) is 1. The summed E-state index contributed by atoms with van der Waals surface area (Å²) in [6.07, 6.45) is -0.187. The molecule has 22 heavy (non-hydrogen) atoms. The molecule has 0 saturated heterocycles. The molecule has 0 unspecified atom stereocenters. The first-order valence-corrected chi connectivity index (χ1v) is 7.26. The Balaban J connectivity index is 4.51. The van der Waals surface area contributed by atoms with Crippen LogP contribution in [-0.4, -0.2) is 59.8 Å². The molecule has 9 nitrogen and oxygen atoms in total. The van der Waals surface area contributed by atoms with Crippen LogP contribution in [0.3, 0.4) is 0 Å². The molecule has 2 atom stereocenters. The van der Waals surface area contributed by atoms with Crippen molar-refractivity contribution in [3.05, 3.63) is 0 Å². The third-order valence-corrected chi connectivity index (χ3v) is 2.96. The first-order chi connectivity index (χ1) is 10.3. The molecule has 0 spiro atoms. The summed E-state index contributed by atoms with van der Waals surface area (Å²) in [7, 11) is 0.